The van der Waals surface area contributed by atoms with E-state index in [2.05, 4.69) is 18.0 Å². The molecule has 0 spiro atoms. The van der Waals surface area contributed by atoms with Crippen molar-refractivity contribution in [3.05, 3.63) is 0 Å². The third-order valence-corrected chi connectivity index (χ3v) is 10.2. The number of hydrogen-bond donors (Lipinski definition) is 4. The van der Waals surface area contributed by atoms with Gasteiger partial charge in [0.05, 0.1) is 19.8 Å². The van der Waals surface area contributed by atoms with E-state index in [1.54, 1.807) is 0 Å². The number of aliphatic hydroxyl groups is 3. The first-order valence-corrected chi connectivity index (χ1v) is 22.2. The molecule has 6 unspecified atom stereocenters. The predicted octanol–water partition coefficient (Wildman–Crippen LogP) is 7.74. The second-order valence-electron chi connectivity index (χ2n) is 14.6. The van der Waals surface area contributed by atoms with E-state index < -0.39 is 59.8 Å². The highest BCUT2D eigenvalue weighted by atomic mass is 32.3. The summed E-state index contributed by atoms with van der Waals surface area (Å²) in [7, 11) is -5.05. The van der Waals surface area contributed by atoms with E-state index in [9.17, 15) is 28.5 Å². The van der Waals surface area contributed by atoms with Crippen molar-refractivity contribution < 1.29 is 56.2 Å². The highest BCUT2D eigenvalue weighted by molar-refractivity contribution is 7.80. The third kappa shape index (κ3) is 26.0. The maximum absolute atomic E-state index is 12.8. The molecule has 0 amide bonds. The number of aliphatic hydroxyl groups excluding tert-OH is 3. The van der Waals surface area contributed by atoms with Gasteiger partial charge in [-0.15, -0.1) is 0 Å². The van der Waals surface area contributed by atoms with Gasteiger partial charge in [0.2, 0.25) is 0 Å². The fraction of sp³-hybridized carbons (Fsp3) is 0.974. The quantitative estimate of drug-likeness (QED) is 0.0277. The Morgan fingerprint density at radius 2 is 1.10 bits per heavy atom. The molecule has 1 aliphatic heterocycles. The van der Waals surface area contributed by atoms with Crippen LogP contribution in [-0.4, -0.2) is 97.5 Å². The van der Waals surface area contributed by atoms with Crippen molar-refractivity contribution >= 4 is 16.4 Å². The zero-order valence-electron chi connectivity index (χ0n) is 32.6. The molecule has 1 aliphatic rings. The molecule has 4 N–H and O–H groups in total. The summed E-state index contributed by atoms with van der Waals surface area (Å²) in [5.74, 6) is -0.397. The topological polar surface area (TPSA) is 178 Å². The molecular weight excluding hydrogens is 692 g/mol. The summed E-state index contributed by atoms with van der Waals surface area (Å²) in [6.45, 7) is 3.98. The minimum Gasteiger partial charge on any atom is -0.457 e. The molecule has 1 fully saturated rings. The van der Waals surface area contributed by atoms with Crippen molar-refractivity contribution in [2.24, 2.45) is 0 Å². The van der Waals surface area contributed by atoms with Crippen molar-refractivity contribution in [1.29, 1.82) is 0 Å². The molecule has 0 aromatic rings. The van der Waals surface area contributed by atoms with Crippen LogP contribution in [0.5, 0.6) is 0 Å². The predicted molar refractivity (Wildman–Crippen MR) is 202 cm³/mol. The molecule has 13 heteroatoms. The fourth-order valence-corrected chi connectivity index (χ4v) is 7.06. The Bertz CT molecular complexity index is 936. The van der Waals surface area contributed by atoms with Crippen LogP contribution >= 0.6 is 0 Å². The van der Waals surface area contributed by atoms with Crippen LogP contribution in [0.3, 0.4) is 0 Å². The first-order valence-electron chi connectivity index (χ1n) is 20.8. The maximum atomic E-state index is 12.8. The van der Waals surface area contributed by atoms with Gasteiger partial charge < -0.3 is 34.3 Å². The number of esters is 1. The van der Waals surface area contributed by atoms with Crippen LogP contribution in [0, 0.1) is 0 Å². The third-order valence-electron chi connectivity index (χ3n) is 9.73. The Kier molecular flexibility index (Phi) is 30.6. The highest BCUT2D eigenvalue weighted by Gasteiger charge is 2.48. The lowest BCUT2D eigenvalue weighted by atomic mass is 9.99. The van der Waals surface area contributed by atoms with E-state index in [-0.39, 0.29) is 19.6 Å². The monoisotopic (exact) mass is 769 g/mol. The summed E-state index contributed by atoms with van der Waals surface area (Å²) in [5, 5.41) is 30.5. The number of ether oxygens (including phenoxy) is 4. The van der Waals surface area contributed by atoms with Crippen LogP contribution in [0.15, 0.2) is 0 Å². The highest BCUT2D eigenvalue weighted by Crippen LogP contribution is 2.26. The second-order valence-corrected chi connectivity index (χ2v) is 15.6. The minimum atomic E-state index is -5.05. The first kappa shape index (κ1) is 49.1. The van der Waals surface area contributed by atoms with E-state index in [1.807, 2.05) is 0 Å². The molecule has 6 atom stereocenters. The van der Waals surface area contributed by atoms with Gasteiger partial charge in [0.15, 0.2) is 6.29 Å². The number of hydrogen-bond acceptors (Lipinski definition) is 11. The summed E-state index contributed by atoms with van der Waals surface area (Å²) in [6, 6.07) is 0. The Labute approximate surface area is 316 Å². The summed E-state index contributed by atoms with van der Waals surface area (Å²) in [4.78, 5) is 12.8. The van der Waals surface area contributed by atoms with Crippen LogP contribution in [0.25, 0.3) is 0 Å². The molecule has 310 valence electrons. The molecule has 1 saturated heterocycles. The van der Waals surface area contributed by atoms with Gasteiger partial charge >= 0.3 is 16.4 Å². The SMILES string of the molecule is CCCCCCCCCCCCCCCCCCCC(=O)OC(COCCCCCCCCCC)COC1OC(CO)C(O)C(OS(=O)(=O)O)C1O. The molecule has 0 radical (unpaired) electrons. The van der Waals surface area contributed by atoms with Gasteiger partial charge in [-0.05, 0) is 12.8 Å². The van der Waals surface area contributed by atoms with Crippen molar-refractivity contribution in [3.63, 3.8) is 0 Å². The Morgan fingerprint density at radius 1 is 0.654 bits per heavy atom. The molecule has 1 heterocycles. The van der Waals surface area contributed by atoms with Crippen molar-refractivity contribution in [2.75, 3.05) is 26.4 Å². The number of unbranched alkanes of at least 4 members (excludes halogenated alkanes) is 23. The van der Waals surface area contributed by atoms with Crippen LogP contribution in [0.4, 0.5) is 0 Å². The van der Waals surface area contributed by atoms with Crippen molar-refractivity contribution in [3.8, 4) is 0 Å². The lowest BCUT2D eigenvalue weighted by Gasteiger charge is -2.41. The van der Waals surface area contributed by atoms with E-state index in [1.165, 1.54) is 116 Å². The summed E-state index contributed by atoms with van der Waals surface area (Å²) in [6.07, 6.45) is 21.5. The largest absolute Gasteiger partial charge is 0.457 e. The second kappa shape index (κ2) is 32.4. The van der Waals surface area contributed by atoms with Crippen LogP contribution < -0.4 is 0 Å². The molecule has 0 aromatic heterocycles. The Hall–Kier alpha value is -0.900. The average molecular weight is 769 g/mol. The summed E-state index contributed by atoms with van der Waals surface area (Å²) in [5.41, 5.74) is 0. The summed E-state index contributed by atoms with van der Waals surface area (Å²) < 4.78 is 58.7. The van der Waals surface area contributed by atoms with Gasteiger partial charge in [-0.25, -0.2) is 4.18 Å². The fourth-order valence-electron chi connectivity index (χ4n) is 6.56. The van der Waals surface area contributed by atoms with E-state index in [4.69, 9.17) is 23.5 Å². The Balaban J connectivity index is 2.41. The number of rotatable bonds is 36. The van der Waals surface area contributed by atoms with E-state index in [0.717, 1.165) is 38.5 Å². The molecule has 0 saturated carbocycles. The maximum Gasteiger partial charge on any atom is 0.397 e. The zero-order valence-corrected chi connectivity index (χ0v) is 33.5. The van der Waals surface area contributed by atoms with Crippen LogP contribution in [0.1, 0.15) is 181 Å². The zero-order chi connectivity index (χ0) is 38.3. The lowest BCUT2D eigenvalue weighted by molar-refractivity contribution is -0.301. The molecule has 1 rings (SSSR count). The first-order chi connectivity index (χ1) is 25.1. The average Bonchev–Trinajstić information content (AvgIpc) is 3.11. The van der Waals surface area contributed by atoms with Gasteiger partial charge in [0.1, 0.15) is 30.5 Å². The number of carbonyl (C=O) groups excluding carboxylic acids is 1. The molecule has 52 heavy (non-hydrogen) atoms. The lowest BCUT2D eigenvalue weighted by Crippen LogP contribution is -2.60. The normalized spacial score (nSPS) is 21.4. The van der Waals surface area contributed by atoms with Gasteiger partial charge in [-0.2, -0.15) is 8.42 Å². The van der Waals surface area contributed by atoms with Crippen molar-refractivity contribution in [1.82, 2.24) is 0 Å². The van der Waals surface area contributed by atoms with Gasteiger partial charge in [0, 0.05) is 13.0 Å². The molecular formula is C39H76O12S. The standard InChI is InChI=1S/C39H76O12S/c1-3-5-7-9-11-13-14-15-16-17-18-19-20-21-22-24-26-28-35(41)49-33(31-47-29-27-25-23-12-10-8-6-4-2)32-48-39-37(43)38(51-52(44,45)46)36(42)34(30-40)50-39/h33-34,36-40,42-43H,3-32H2,1-2H3,(H,44,45,46). The molecule has 12 nitrogen and oxygen atoms in total. The van der Waals surface area contributed by atoms with Crippen LogP contribution in [-0.2, 0) is 38.3 Å². The van der Waals surface area contributed by atoms with Crippen LogP contribution in [0.2, 0.25) is 0 Å². The number of carbonyl (C=O) groups is 1. The smallest absolute Gasteiger partial charge is 0.397 e. The molecule has 0 bridgehead atoms. The van der Waals surface area contributed by atoms with Gasteiger partial charge in [-0.1, -0.05) is 162 Å². The van der Waals surface area contributed by atoms with Gasteiger partial charge in [-0.3, -0.25) is 9.35 Å². The van der Waals surface area contributed by atoms with Crippen molar-refractivity contribution in [2.45, 2.75) is 218 Å². The van der Waals surface area contributed by atoms with E-state index >= 15 is 0 Å². The van der Waals surface area contributed by atoms with Gasteiger partial charge in [0.25, 0.3) is 0 Å². The Morgan fingerprint density at radius 3 is 1.54 bits per heavy atom. The summed E-state index contributed by atoms with van der Waals surface area (Å²) >= 11 is 0. The van der Waals surface area contributed by atoms with E-state index in [0.29, 0.717) is 13.0 Å². The minimum absolute atomic E-state index is 0.0428. The molecule has 0 aromatic carbocycles. The molecule has 0 aliphatic carbocycles.